The molecule has 0 aromatic carbocycles. The number of carbonyl (C=O) groups excluding carboxylic acids is 1. The number of carbonyl (C=O) groups is 1. The van der Waals surface area contributed by atoms with E-state index in [0.29, 0.717) is 12.5 Å². The van der Waals surface area contributed by atoms with Crippen LogP contribution >= 0.6 is 0 Å². The monoisotopic (exact) mass is 271 g/mol. The Morgan fingerprint density at radius 3 is 2.58 bits per heavy atom. The highest BCUT2D eigenvalue weighted by Crippen LogP contribution is 2.01. The molecule has 112 valence electrons. The van der Waals surface area contributed by atoms with Gasteiger partial charge in [-0.15, -0.1) is 0 Å². The summed E-state index contributed by atoms with van der Waals surface area (Å²) in [5.41, 5.74) is 0. The van der Waals surface area contributed by atoms with Gasteiger partial charge in [-0.2, -0.15) is 0 Å². The molecule has 1 unspecified atom stereocenters. The average molecular weight is 271 g/mol. The number of nitrogens with one attached hydrogen (secondary N) is 2. The van der Waals surface area contributed by atoms with Gasteiger partial charge in [0.1, 0.15) is 0 Å². The van der Waals surface area contributed by atoms with E-state index in [1.807, 2.05) is 0 Å². The lowest BCUT2D eigenvalue weighted by Crippen LogP contribution is -2.42. The maximum absolute atomic E-state index is 10.9. The SMILES string of the molecule is CCNC(=NCCCCCC(=O)OC)NC(C)CC. The first-order valence-corrected chi connectivity index (χ1v) is 7.25. The van der Waals surface area contributed by atoms with Gasteiger partial charge in [0.05, 0.1) is 7.11 Å². The van der Waals surface area contributed by atoms with E-state index in [9.17, 15) is 4.79 Å². The zero-order valence-corrected chi connectivity index (χ0v) is 12.8. The number of nitrogens with zero attached hydrogens (tertiary/aromatic N) is 1. The molecule has 1 atom stereocenters. The van der Waals surface area contributed by atoms with Crippen molar-refractivity contribution < 1.29 is 9.53 Å². The van der Waals surface area contributed by atoms with Gasteiger partial charge >= 0.3 is 5.97 Å². The second-order valence-electron chi connectivity index (χ2n) is 4.60. The van der Waals surface area contributed by atoms with Gasteiger partial charge in [-0.05, 0) is 33.1 Å². The molecule has 0 radical (unpaired) electrons. The third kappa shape index (κ3) is 10.4. The Labute approximate surface area is 117 Å². The fourth-order valence-corrected chi connectivity index (χ4v) is 1.51. The number of unbranched alkanes of at least 4 members (excludes halogenated alkanes) is 2. The third-order valence-corrected chi connectivity index (χ3v) is 2.88. The molecule has 0 aromatic heterocycles. The highest BCUT2D eigenvalue weighted by atomic mass is 16.5. The van der Waals surface area contributed by atoms with Crippen molar-refractivity contribution in [1.29, 1.82) is 0 Å². The van der Waals surface area contributed by atoms with E-state index in [1.165, 1.54) is 7.11 Å². The summed E-state index contributed by atoms with van der Waals surface area (Å²) in [7, 11) is 1.43. The summed E-state index contributed by atoms with van der Waals surface area (Å²) in [5.74, 6) is 0.750. The van der Waals surface area contributed by atoms with Crippen molar-refractivity contribution in [2.75, 3.05) is 20.2 Å². The quantitative estimate of drug-likeness (QED) is 0.292. The third-order valence-electron chi connectivity index (χ3n) is 2.88. The fourth-order valence-electron chi connectivity index (χ4n) is 1.51. The smallest absolute Gasteiger partial charge is 0.305 e. The lowest BCUT2D eigenvalue weighted by atomic mass is 10.2. The molecule has 0 aliphatic heterocycles. The standard InChI is InChI=1S/C14H29N3O2/c1-5-12(3)17-14(15-6-2)16-11-9-7-8-10-13(18)19-4/h12H,5-11H2,1-4H3,(H2,15,16,17). The van der Waals surface area contributed by atoms with Gasteiger partial charge in [0.25, 0.3) is 0 Å². The predicted molar refractivity (Wildman–Crippen MR) is 79.4 cm³/mol. The zero-order chi connectivity index (χ0) is 14.5. The molecule has 0 bridgehead atoms. The van der Waals surface area contributed by atoms with Gasteiger partial charge < -0.3 is 15.4 Å². The van der Waals surface area contributed by atoms with Crippen LogP contribution in [0.15, 0.2) is 4.99 Å². The number of guanidine groups is 1. The van der Waals surface area contributed by atoms with E-state index >= 15 is 0 Å². The van der Waals surface area contributed by atoms with Crippen LogP contribution in [0.2, 0.25) is 0 Å². The van der Waals surface area contributed by atoms with Gasteiger partial charge in [0, 0.05) is 25.6 Å². The first-order chi connectivity index (χ1) is 9.13. The molecule has 2 N–H and O–H groups in total. The van der Waals surface area contributed by atoms with Crippen molar-refractivity contribution in [3.05, 3.63) is 0 Å². The Hall–Kier alpha value is -1.26. The topological polar surface area (TPSA) is 62.7 Å². The van der Waals surface area contributed by atoms with Gasteiger partial charge in [-0.25, -0.2) is 0 Å². The van der Waals surface area contributed by atoms with E-state index in [-0.39, 0.29) is 5.97 Å². The van der Waals surface area contributed by atoms with E-state index in [1.54, 1.807) is 0 Å². The van der Waals surface area contributed by atoms with E-state index in [2.05, 4.69) is 41.1 Å². The summed E-state index contributed by atoms with van der Waals surface area (Å²) >= 11 is 0. The molecule has 0 saturated carbocycles. The maximum Gasteiger partial charge on any atom is 0.305 e. The summed E-state index contributed by atoms with van der Waals surface area (Å²) in [4.78, 5) is 15.4. The number of rotatable bonds is 9. The Kier molecular flexibility index (Phi) is 11.0. The second kappa shape index (κ2) is 11.8. The normalized spacial score (nSPS) is 12.9. The molecule has 0 spiro atoms. The minimum atomic E-state index is -0.129. The minimum absolute atomic E-state index is 0.129. The Morgan fingerprint density at radius 1 is 1.26 bits per heavy atom. The zero-order valence-electron chi connectivity index (χ0n) is 12.8. The number of aliphatic imine (C=N–C) groups is 1. The van der Waals surface area contributed by atoms with E-state index in [4.69, 9.17) is 0 Å². The second-order valence-corrected chi connectivity index (χ2v) is 4.60. The summed E-state index contributed by atoms with van der Waals surface area (Å²) in [6.07, 6.45) is 4.45. The van der Waals surface area contributed by atoms with Crippen LogP contribution in [0.5, 0.6) is 0 Å². The van der Waals surface area contributed by atoms with Crippen molar-refractivity contribution in [2.24, 2.45) is 4.99 Å². The van der Waals surface area contributed by atoms with Crippen LogP contribution < -0.4 is 10.6 Å². The molecular weight excluding hydrogens is 242 g/mol. The number of hydrogen-bond acceptors (Lipinski definition) is 3. The number of methoxy groups -OCH3 is 1. The van der Waals surface area contributed by atoms with Gasteiger partial charge in [-0.1, -0.05) is 13.3 Å². The largest absolute Gasteiger partial charge is 0.469 e. The number of esters is 1. The fraction of sp³-hybridized carbons (Fsp3) is 0.857. The molecule has 0 aromatic rings. The summed E-state index contributed by atoms with van der Waals surface area (Å²) in [6.45, 7) is 8.00. The number of hydrogen-bond donors (Lipinski definition) is 2. The maximum atomic E-state index is 10.9. The summed E-state index contributed by atoms with van der Waals surface area (Å²) < 4.78 is 4.60. The first kappa shape index (κ1) is 17.7. The van der Waals surface area contributed by atoms with Gasteiger partial charge in [0.15, 0.2) is 5.96 Å². The summed E-state index contributed by atoms with van der Waals surface area (Å²) in [6, 6.07) is 0.428. The molecule has 0 aliphatic rings. The molecule has 0 heterocycles. The van der Waals surface area contributed by atoms with Gasteiger partial charge in [-0.3, -0.25) is 9.79 Å². The highest BCUT2D eigenvalue weighted by Gasteiger charge is 2.02. The molecule has 0 saturated heterocycles. The van der Waals surface area contributed by atoms with Crippen molar-refractivity contribution in [3.8, 4) is 0 Å². The molecular formula is C14H29N3O2. The van der Waals surface area contributed by atoms with Crippen LogP contribution in [0.3, 0.4) is 0 Å². The minimum Gasteiger partial charge on any atom is -0.469 e. The molecule has 19 heavy (non-hydrogen) atoms. The highest BCUT2D eigenvalue weighted by molar-refractivity contribution is 5.80. The van der Waals surface area contributed by atoms with Crippen molar-refractivity contribution >= 4 is 11.9 Å². The van der Waals surface area contributed by atoms with Crippen LogP contribution in [0, 0.1) is 0 Å². The lowest BCUT2D eigenvalue weighted by Gasteiger charge is -2.16. The van der Waals surface area contributed by atoms with Crippen molar-refractivity contribution in [3.63, 3.8) is 0 Å². The Morgan fingerprint density at radius 2 is 2.00 bits per heavy atom. The van der Waals surface area contributed by atoms with Crippen LogP contribution in [-0.4, -0.2) is 38.2 Å². The molecule has 5 heteroatoms. The van der Waals surface area contributed by atoms with E-state index in [0.717, 1.165) is 44.7 Å². The average Bonchev–Trinajstić information content (AvgIpc) is 2.42. The molecule has 0 aliphatic carbocycles. The first-order valence-electron chi connectivity index (χ1n) is 7.25. The number of ether oxygens (including phenoxy) is 1. The molecule has 0 fully saturated rings. The van der Waals surface area contributed by atoms with Crippen LogP contribution in [0.25, 0.3) is 0 Å². The van der Waals surface area contributed by atoms with Crippen molar-refractivity contribution in [2.45, 2.75) is 58.9 Å². The Bertz CT molecular complexity index is 267. The van der Waals surface area contributed by atoms with E-state index < -0.39 is 0 Å². The molecule has 0 amide bonds. The van der Waals surface area contributed by atoms with Crippen LogP contribution in [-0.2, 0) is 9.53 Å². The van der Waals surface area contributed by atoms with Crippen LogP contribution in [0.1, 0.15) is 52.9 Å². The molecule has 0 rings (SSSR count). The van der Waals surface area contributed by atoms with Crippen molar-refractivity contribution in [1.82, 2.24) is 10.6 Å². The predicted octanol–water partition coefficient (Wildman–Crippen LogP) is 2.07. The lowest BCUT2D eigenvalue weighted by molar-refractivity contribution is -0.140. The summed E-state index contributed by atoms with van der Waals surface area (Å²) in [5, 5.41) is 6.58. The Balaban J connectivity index is 3.81. The molecule has 5 nitrogen and oxygen atoms in total. The van der Waals surface area contributed by atoms with Crippen LogP contribution in [0.4, 0.5) is 0 Å². The van der Waals surface area contributed by atoms with Gasteiger partial charge in [0.2, 0.25) is 0 Å².